The second kappa shape index (κ2) is 7.44. The summed E-state index contributed by atoms with van der Waals surface area (Å²) in [6.45, 7) is 7.51. The molecule has 2 aromatic carbocycles. The molecule has 0 spiro atoms. The molecule has 26 heavy (non-hydrogen) atoms. The molecule has 0 bridgehead atoms. The van der Waals surface area contributed by atoms with E-state index < -0.39 is 0 Å². The number of carbonyl (C=O) groups excluding carboxylic acids is 1. The number of aldehydes is 1. The standard InChI is InChI=1S/C21H22N2O3/c1-4-22-16-10-17(23-5-2)20-13(3)19(21(25)26-18(20)11-16)15-8-6-14(12-24)7-9-15/h6-12,22-23H,4-5H2,1-3H3. The number of anilines is 2. The first-order valence-corrected chi connectivity index (χ1v) is 8.73. The predicted molar refractivity (Wildman–Crippen MR) is 106 cm³/mol. The van der Waals surface area contributed by atoms with Crippen molar-refractivity contribution in [2.75, 3.05) is 23.7 Å². The Morgan fingerprint density at radius 3 is 2.35 bits per heavy atom. The molecule has 0 amide bonds. The summed E-state index contributed by atoms with van der Waals surface area (Å²) < 4.78 is 5.65. The lowest BCUT2D eigenvalue weighted by molar-refractivity contribution is 0.112. The molecule has 5 nitrogen and oxygen atoms in total. The van der Waals surface area contributed by atoms with E-state index in [0.717, 1.165) is 47.3 Å². The Kier molecular flexibility index (Phi) is 5.07. The molecule has 0 unspecified atom stereocenters. The molecule has 0 fully saturated rings. The van der Waals surface area contributed by atoms with Crippen LogP contribution in [0.4, 0.5) is 11.4 Å². The minimum atomic E-state index is -0.384. The Labute approximate surface area is 152 Å². The van der Waals surface area contributed by atoms with Crippen LogP contribution in [0.25, 0.3) is 22.1 Å². The Bertz CT molecular complexity index is 1000. The number of nitrogens with one attached hydrogen (secondary N) is 2. The zero-order valence-corrected chi connectivity index (χ0v) is 15.2. The van der Waals surface area contributed by atoms with Gasteiger partial charge in [0.05, 0.1) is 5.56 Å². The van der Waals surface area contributed by atoms with Gasteiger partial charge in [0, 0.05) is 41.5 Å². The van der Waals surface area contributed by atoms with Crippen molar-refractivity contribution in [3.63, 3.8) is 0 Å². The molecule has 0 saturated heterocycles. The van der Waals surface area contributed by atoms with E-state index in [1.807, 2.05) is 32.9 Å². The van der Waals surface area contributed by atoms with Gasteiger partial charge in [-0.2, -0.15) is 0 Å². The van der Waals surface area contributed by atoms with Crippen molar-refractivity contribution in [3.05, 3.63) is 57.9 Å². The van der Waals surface area contributed by atoms with Crippen LogP contribution >= 0.6 is 0 Å². The SMILES string of the molecule is CCNc1cc(NCC)c2c(C)c(-c3ccc(C=O)cc3)c(=O)oc2c1. The first kappa shape index (κ1) is 17.7. The number of carbonyl (C=O) groups is 1. The lowest BCUT2D eigenvalue weighted by Gasteiger charge is -2.15. The fraction of sp³-hybridized carbons (Fsp3) is 0.238. The van der Waals surface area contributed by atoms with Gasteiger partial charge >= 0.3 is 5.63 Å². The van der Waals surface area contributed by atoms with Gasteiger partial charge in [-0.3, -0.25) is 4.79 Å². The average molecular weight is 350 g/mol. The van der Waals surface area contributed by atoms with Gasteiger partial charge in [-0.15, -0.1) is 0 Å². The van der Waals surface area contributed by atoms with Gasteiger partial charge in [-0.25, -0.2) is 4.79 Å². The molecular weight excluding hydrogens is 328 g/mol. The minimum Gasteiger partial charge on any atom is -0.422 e. The number of rotatable bonds is 6. The molecule has 3 aromatic rings. The maximum atomic E-state index is 12.7. The highest BCUT2D eigenvalue weighted by Crippen LogP contribution is 2.34. The largest absolute Gasteiger partial charge is 0.422 e. The zero-order chi connectivity index (χ0) is 18.7. The van der Waals surface area contributed by atoms with Crippen molar-refractivity contribution in [3.8, 4) is 11.1 Å². The van der Waals surface area contributed by atoms with Crippen LogP contribution in [-0.2, 0) is 0 Å². The van der Waals surface area contributed by atoms with E-state index >= 15 is 0 Å². The number of hydrogen-bond donors (Lipinski definition) is 2. The Morgan fingerprint density at radius 1 is 1.04 bits per heavy atom. The van der Waals surface area contributed by atoms with E-state index in [4.69, 9.17) is 4.42 Å². The van der Waals surface area contributed by atoms with Crippen molar-refractivity contribution < 1.29 is 9.21 Å². The smallest absolute Gasteiger partial charge is 0.344 e. The summed E-state index contributed by atoms with van der Waals surface area (Å²) >= 11 is 0. The number of fused-ring (bicyclic) bond motifs is 1. The second-order valence-electron chi connectivity index (χ2n) is 6.09. The third kappa shape index (κ3) is 3.20. The second-order valence-corrected chi connectivity index (χ2v) is 6.09. The molecule has 0 atom stereocenters. The van der Waals surface area contributed by atoms with Crippen LogP contribution < -0.4 is 16.3 Å². The van der Waals surface area contributed by atoms with Gasteiger partial charge in [-0.1, -0.05) is 24.3 Å². The molecule has 3 rings (SSSR count). The van der Waals surface area contributed by atoms with Crippen LogP contribution in [0.1, 0.15) is 29.8 Å². The average Bonchev–Trinajstić information content (AvgIpc) is 2.62. The maximum absolute atomic E-state index is 12.7. The van der Waals surface area contributed by atoms with E-state index in [2.05, 4.69) is 10.6 Å². The summed E-state index contributed by atoms with van der Waals surface area (Å²) in [6.07, 6.45) is 0.783. The number of aryl methyl sites for hydroxylation is 1. The summed E-state index contributed by atoms with van der Waals surface area (Å²) in [5, 5.41) is 7.51. The lowest BCUT2D eigenvalue weighted by atomic mass is 9.97. The Hall–Kier alpha value is -3.08. The van der Waals surface area contributed by atoms with Gasteiger partial charge in [0.15, 0.2) is 0 Å². The van der Waals surface area contributed by atoms with E-state index in [1.54, 1.807) is 24.3 Å². The fourth-order valence-corrected chi connectivity index (χ4v) is 3.21. The molecule has 1 aromatic heterocycles. The van der Waals surface area contributed by atoms with Crippen LogP contribution in [-0.4, -0.2) is 19.4 Å². The van der Waals surface area contributed by atoms with Crippen molar-refractivity contribution in [2.24, 2.45) is 0 Å². The summed E-state index contributed by atoms with van der Waals surface area (Å²) in [6, 6.07) is 10.8. The zero-order valence-electron chi connectivity index (χ0n) is 15.2. The van der Waals surface area contributed by atoms with Gasteiger partial charge in [0.25, 0.3) is 0 Å². The molecule has 0 saturated carbocycles. The molecule has 0 aliphatic rings. The lowest BCUT2D eigenvalue weighted by Crippen LogP contribution is -2.09. The molecule has 0 aliphatic carbocycles. The van der Waals surface area contributed by atoms with Crippen molar-refractivity contribution in [2.45, 2.75) is 20.8 Å². The van der Waals surface area contributed by atoms with E-state index in [9.17, 15) is 9.59 Å². The maximum Gasteiger partial charge on any atom is 0.344 e. The first-order chi connectivity index (χ1) is 12.6. The van der Waals surface area contributed by atoms with E-state index in [0.29, 0.717) is 16.7 Å². The third-order valence-electron chi connectivity index (χ3n) is 4.34. The normalized spacial score (nSPS) is 10.7. The Balaban J connectivity index is 2.28. The molecule has 134 valence electrons. The summed E-state index contributed by atoms with van der Waals surface area (Å²) in [5.41, 5.74) is 4.68. The van der Waals surface area contributed by atoms with Gasteiger partial charge in [0.2, 0.25) is 0 Å². The Morgan fingerprint density at radius 2 is 1.73 bits per heavy atom. The molecule has 5 heteroatoms. The van der Waals surface area contributed by atoms with E-state index in [-0.39, 0.29) is 5.63 Å². The number of hydrogen-bond acceptors (Lipinski definition) is 5. The third-order valence-corrected chi connectivity index (χ3v) is 4.34. The van der Waals surface area contributed by atoms with Crippen LogP contribution in [0.2, 0.25) is 0 Å². The quantitative estimate of drug-likeness (QED) is 0.508. The van der Waals surface area contributed by atoms with Crippen molar-refractivity contribution in [1.29, 1.82) is 0 Å². The van der Waals surface area contributed by atoms with Crippen LogP contribution in [0.3, 0.4) is 0 Å². The van der Waals surface area contributed by atoms with Crippen molar-refractivity contribution in [1.82, 2.24) is 0 Å². The summed E-state index contributed by atoms with van der Waals surface area (Å²) in [7, 11) is 0. The number of benzene rings is 2. The topological polar surface area (TPSA) is 71.3 Å². The first-order valence-electron chi connectivity index (χ1n) is 8.73. The van der Waals surface area contributed by atoms with Gasteiger partial charge in [0.1, 0.15) is 11.9 Å². The minimum absolute atomic E-state index is 0.384. The van der Waals surface area contributed by atoms with Crippen LogP contribution in [0.15, 0.2) is 45.6 Å². The fourth-order valence-electron chi connectivity index (χ4n) is 3.21. The molecule has 0 aliphatic heterocycles. The van der Waals surface area contributed by atoms with Crippen molar-refractivity contribution >= 4 is 28.6 Å². The van der Waals surface area contributed by atoms with Gasteiger partial charge < -0.3 is 15.1 Å². The summed E-state index contributed by atoms with van der Waals surface area (Å²) in [4.78, 5) is 23.5. The molecule has 1 heterocycles. The summed E-state index contributed by atoms with van der Waals surface area (Å²) in [5.74, 6) is 0. The van der Waals surface area contributed by atoms with Gasteiger partial charge in [-0.05, 0) is 38.0 Å². The monoisotopic (exact) mass is 350 g/mol. The highest BCUT2D eigenvalue weighted by Gasteiger charge is 2.17. The van der Waals surface area contributed by atoms with Crippen LogP contribution in [0.5, 0.6) is 0 Å². The van der Waals surface area contributed by atoms with E-state index in [1.165, 1.54) is 0 Å². The highest BCUT2D eigenvalue weighted by molar-refractivity contribution is 5.98. The predicted octanol–water partition coefficient (Wildman–Crippen LogP) is 4.44. The van der Waals surface area contributed by atoms with Crippen LogP contribution in [0, 0.1) is 6.92 Å². The highest BCUT2D eigenvalue weighted by atomic mass is 16.4. The molecular formula is C21H22N2O3. The molecule has 0 radical (unpaired) electrons. The molecule has 2 N–H and O–H groups in total.